The van der Waals surface area contributed by atoms with E-state index >= 15 is 0 Å². The first-order chi connectivity index (χ1) is 0. The van der Waals surface area contributed by atoms with Crippen LogP contribution in [0.15, 0.2) is 0 Å². The third-order valence-electron chi connectivity index (χ3n) is 0. The summed E-state index contributed by atoms with van der Waals surface area (Å²) in [6.45, 7) is 0. The fourth-order valence-electron chi connectivity index (χ4n) is 0. The minimum atomic E-state index is 0. The van der Waals surface area contributed by atoms with Gasteiger partial charge in [-0.15, -0.1) is 0 Å². The minimum absolute atomic E-state index is 0. The third kappa shape index (κ3) is 18.2. The van der Waals surface area contributed by atoms with Crippen LogP contribution in [0.2, 0.25) is 0 Å². The van der Waals surface area contributed by atoms with Crippen molar-refractivity contribution in [2.75, 3.05) is 0 Å². The van der Waals surface area contributed by atoms with Gasteiger partial charge in [0.05, 0.1) is 0 Å². The first-order valence-electron chi connectivity index (χ1n) is 0. The second-order valence-electron chi connectivity index (χ2n) is 0. The Hall–Kier alpha value is 3.74. The van der Waals surface area contributed by atoms with Crippen LogP contribution in [0, 0.1) is 0 Å². The zero-order chi connectivity index (χ0) is 0. The molecule has 0 aromatic rings. The molecule has 0 rings (SSSR count). The van der Waals surface area contributed by atoms with Crippen molar-refractivity contribution in [2.24, 2.45) is 0 Å². The van der Waals surface area contributed by atoms with E-state index in [0.717, 1.165) is 0 Å². The van der Waals surface area contributed by atoms with Crippen LogP contribution in [0.1, 0.15) is 0 Å². The van der Waals surface area contributed by atoms with Gasteiger partial charge in [-0.2, -0.15) is 0 Å². The van der Waals surface area contributed by atoms with Gasteiger partial charge in [0.15, 0.2) is 0 Å². The molecular formula is H10AgInSbSeTe. The Bertz CT molecular complexity index is 11.6. The molecule has 0 amide bonds. The van der Waals surface area contributed by atoms with Crippen LogP contribution in [0.5, 0.6) is 0 Å². The Labute approximate surface area is 111 Å². The third-order valence-corrected chi connectivity index (χ3v) is 0. The molecule has 1 radical (unpaired) electrons. The van der Waals surface area contributed by atoms with Gasteiger partial charge in [0, 0.05) is 22.4 Å². The van der Waals surface area contributed by atoms with Gasteiger partial charge in [-0.25, -0.2) is 0 Å². The fourth-order valence-corrected chi connectivity index (χ4v) is 0. The van der Waals surface area contributed by atoms with Gasteiger partial charge in [0.2, 0.25) is 0 Å². The quantitative estimate of drug-likeness (QED) is 0.264. The van der Waals surface area contributed by atoms with Crippen LogP contribution < -0.4 is 0 Å². The van der Waals surface area contributed by atoms with Crippen molar-refractivity contribution in [3.05, 3.63) is 0 Å². The topological polar surface area (TPSA) is 0 Å². The summed E-state index contributed by atoms with van der Waals surface area (Å²) in [7, 11) is 0. The number of hydrogen-bond donors (Lipinski definition) is 0. The van der Waals surface area contributed by atoms with Crippen molar-refractivity contribution in [1.82, 2.24) is 0 Å². The molecule has 0 saturated carbocycles. The Morgan fingerprint density at radius 2 is 1.00 bits per heavy atom. The fraction of sp³-hybridized carbons (Fsp3) is 0. The summed E-state index contributed by atoms with van der Waals surface area (Å²) in [4.78, 5) is 0. The predicted octanol–water partition coefficient (Wildman–Crippen LogP) is -4.20. The summed E-state index contributed by atoms with van der Waals surface area (Å²) < 4.78 is 0. The van der Waals surface area contributed by atoms with Crippen LogP contribution in [0.3, 0.4) is 0 Å². The Morgan fingerprint density at radius 1 is 1.00 bits per heavy atom. The normalized spacial score (nSPS) is 0. The summed E-state index contributed by atoms with van der Waals surface area (Å²) in [5, 5.41) is 0. The maximum absolute atomic E-state index is 0. The van der Waals surface area contributed by atoms with Gasteiger partial charge in [-0.3, -0.25) is 0 Å². The van der Waals surface area contributed by atoms with Crippen molar-refractivity contribution in [2.45, 2.75) is 0 Å². The zero-order valence-corrected chi connectivity index (χ0v) is 12.5. The average molecular weight is 561 g/mol. The summed E-state index contributed by atoms with van der Waals surface area (Å²) in [5.74, 6) is 0. The van der Waals surface area contributed by atoms with Crippen molar-refractivity contribution >= 4 is 91.0 Å². The first kappa shape index (κ1) is 37.4. The van der Waals surface area contributed by atoms with E-state index in [1.54, 1.807) is 0 Å². The van der Waals surface area contributed by atoms with Gasteiger partial charge in [-0.1, -0.05) is 0 Å². The van der Waals surface area contributed by atoms with Crippen molar-refractivity contribution in [3.63, 3.8) is 0 Å². The molecule has 0 unspecified atom stereocenters. The van der Waals surface area contributed by atoms with E-state index in [-0.39, 0.29) is 113 Å². The second kappa shape index (κ2) is 25.1. The maximum atomic E-state index is 0. The van der Waals surface area contributed by atoms with Gasteiger partial charge in [-0.05, 0) is 0 Å². The van der Waals surface area contributed by atoms with Gasteiger partial charge in [0.1, 0.15) is 0 Å². The molecule has 0 saturated heterocycles. The van der Waals surface area contributed by atoms with E-state index in [9.17, 15) is 0 Å². The standard InChI is InChI=1S/Ag.In.Sb.H2Se.H2Te.6H/h;;;2*1H2;;;;;;. The Kier molecular flexibility index (Phi) is 188. The average Bonchev–Trinajstić information content (AvgIpc) is 0. The second-order valence-corrected chi connectivity index (χ2v) is 0. The Balaban J connectivity index is 0. The summed E-state index contributed by atoms with van der Waals surface area (Å²) in [6, 6.07) is 0. The van der Waals surface area contributed by atoms with Crippen LogP contribution in [0.25, 0.3) is 0 Å². The summed E-state index contributed by atoms with van der Waals surface area (Å²) in [6.07, 6.45) is 0. The molecule has 0 aromatic heterocycles. The molecule has 0 bridgehead atoms. The van der Waals surface area contributed by atoms with Crippen molar-refractivity contribution in [3.8, 4) is 0 Å². The number of rotatable bonds is 0. The molecule has 0 spiro atoms. The van der Waals surface area contributed by atoms with E-state index in [4.69, 9.17) is 0 Å². The van der Waals surface area contributed by atoms with Crippen LogP contribution in [-0.4, -0.2) is 91.0 Å². The van der Waals surface area contributed by atoms with Crippen LogP contribution in [0.4, 0.5) is 0 Å². The predicted molar refractivity (Wildman–Crippen MR) is 37.0 cm³/mol. The molecule has 5 heavy (non-hydrogen) atoms. The monoisotopic (exact) mass is 563 g/mol. The van der Waals surface area contributed by atoms with Gasteiger partial charge in [0.25, 0.3) is 0 Å². The first-order valence-corrected chi connectivity index (χ1v) is 0. The zero-order valence-electron chi connectivity index (χ0n) is 2.01. The molecule has 0 aliphatic rings. The summed E-state index contributed by atoms with van der Waals surface area (Å²) >= 11 is 0. The van der Waals surface area contributed by atoms with Crippen LogP contribution in [-0.2, 0) is 22.4 Å². The van der Waals surface area contributed by atoms with Crippen molar-refractivity contribution in [1.29, 1.82) is 0 Å². The molecule has 0 aliphatic heterocycles. The van der Waals surface area contributed by atoms with Gasteiger partial charge >= 0.3 is 91.0 Å². The molecule has 0 fully saturated rings. The SMILES string of the molecule is [Ag].[InH3].[SbH3].[SeH2].[TeH2]. The van der Waals surface area contributed by atoms with E-state index in [0.29, 0.717) is 0 Å². The molecule has 0 N–H and O–H groups in total. The van der Waals surface area contributed by atoms with E-state index in [1.807, 2.05) is 0 Å². The molecule has 0 heterocycles. The van der Waals surface area contributed by atoms with Crippen molar-refractivity contribution < 1.29 is 22.4 Å². The molecule has 41 valence electrons. The number of hydrogen-bond acceptors (Lipinski definition) is 0. The molecular weight excluding hydrogens is 551 g/mol. The molecule has 0 aliphatic carbocycles. The molecule has 0 aromatic carbocycles. The van der Waals surface area contributed by atoms with E-state index in [2.05, 4.69) is 0 Å². The van der Waals surface area contributed by atoms with Gasteiger partial charge < -0.3 is 0 Å². The Morgan fingerprint density at radius 3 is 1.00 bits per heavy atom. The summed E-state index contributed by atoms with van der Waals surface area (Å²) in [5.41, 5.74) is 0. The molecule has 5 heteroatoms. The molecule has 0 nitrogen and oxygen atoms in total. The van der Waals surface area contributed by atoms with E-state index in [1.165, 1.54) is 0 Å². The van der Waals surface area contributed by atoms with E-state index < -0.39 is 0 Å². The van der Waals surface area contributed by atoms with Crippen LogP contribution >= 0.6 is 0 Å². The molecule has 0 atom stereocenters.